The Kier molecular flexibility index (Phi) is 4.15. The van der Waals surface area contributed by atoms with Crippen molar-refractivity contribution in [2.75, 3.05) is 6.61 Å². The van der Waals surface area contributed by atoms with Crippen LogP contribution in [0.3, 0.4) is 0 Å². The Hall–Kier alpha value is -2.44. The Labute approximate surface area is 96.1 Å². The molecule has 0 aliphatic heterocycles. The number of benzene rings is 1. The molecule has 0 aromatic heterocycles. The summed E-state index contributed by atoms with van der Waals surface area (Å²) in [5.74, 6) is -1.20. The van der Waals surface area contributed by atoms with Crippen LogP contribution in [-0.4, -0.2) is 23.5 Å². The van der Waals surface area contributed by atoms with Crippen LogP contribution in [0, 0.1) is 10.1 Å². The number of rotatable bonds is 4. The smallest absolute Gasteiger partial charge is 0.349 e. The van der Waals surface area contributed by atoms with Crippen molar-refractivity contribution >= 4 is 17.6 Å². The van der Waals surface area contributed by atoms with E-state index in [1.165, 1.54) is 31.2 Å². The van der Waals surface area contributed by atoms with Gasteiger partial charge in [0, 0.05) is 19.1 Å². The lowest BCUT2D eigenvalue weighted by Gasteiger charge is -2.03. The van der Waals surface area contributed by atoms with Crippen LogP contribution in [0.2, 0.25) is 0 Å². The first-order chi connectivity index (χ1) is 7.99. The van der Waals surface area contributed by atoms with Gasteiger partial charge in [-0.2, -0.15) is 0 Å². The fraction of sp³-hybridized carbons (Fsp3) is 0.200. The maximum absolute atomic E-state index is 11.1. The molecule has 0 saturated carbocycles. The van der Waals surface area contributed by atoms with Crippen molar-refractivity contribution in [3.63, 3.8) is 0 Å². The number of carbonyl (C=O) groups excluding carboxylic acids is 2. The number of nitro groups is 1. The second-order valence-electron chi connectivity index (χ2n) is 3.01. The van der Waals surface area contributed by atoms with E-state index in [1.54, 1.807) is 0 Å². The van der Waals surface area contributed by atoms with Crippen molar-refractivity contribution in [2.45, 2.75) is 6.92 Å². The second kappa shape index (κ2) is 5.59. The molecule has 0 amide bonds. The Morgan fingerprint density at radius 3 is 2.35 bits per heavy atom. The lowest BCUT2D eigenvalue weighted by Crippen LogP contribution is -2.17. The van der Waals surface area contributed by atoms with E-state index in [0.29, 0.717) is 0 Å². The minimum atomic E-state index is -0.756. The first kappa shape index (κ1) is 12.6. The molecular weight excluding hydrogens is 230 g/mol. The summed E-state index contributed by atoms with van der Waals surface area (Å²) in [6, 6.07) is 4.97. The molecule has 0 atom stereocenters. The molecule has 7 nitrogen and oxygen atoms in total. The Bertz CT molecular complexity index is 439. The zero-order chi connectivity index (χ0) is 12.8. The summed E-state index contributed by atoms with van der Waals surface area (Å²) in [4.78, 5) is 31.3. The lowest BCUT2D eigenvalue weighted by molar-refractivity contribution is -0.384. The number of esters is 2. The van der Waals surface area contributed by atoms with Crippen molar-refractivity contribution in [3.8, 4) is 5.75 Å². The molecule has 0 N–H and O–H groups in total. The molecule has 0 heterocycles. The predicted octanol–water partition coefficient (Wildman–Crippen LogP) is 1.06. The largest absolute Gasteiger partial charge is 0.454 e. The molecule has 7 heteroatoms. The topological polar surface area (TPSA) is 95.7 Å². The van der Waals surface area contributed by atoms with E-state index < -0.39 is 23.5 Å². The molecule has 0 radical (unpaired) electrons. The van der Waals surface area contributed by atoms with Gasteiger partial charge in [0.25, 0.3) is 5.69 Å². The van der Waals surface area contributed by atoms with Gasteiger partial charge in [0.2, 0.25) is 0 Å². The normalized spacial score (nSPS) is 9.47. The van der Waals surface area contributed by atoms with Crippen molar-refractivity contribution in [1.82, 2.24) is 0 Å². The third-order valence-corrected chi connectivity index (χ3v) is 1.67. The van der Waals surface area contributed by atoms with Crippen molar-refractivity contribution < 1.29 is 24.0 Å². The van der Waals surface area contributed by atoms with Gasteiger partial charge in [-0.25, -0.2) is 4.79 Å². The summed E-state index contributed by atoms with van der Waals surface area (Å²) in [5.41, 5.74) is -0.107. The van der Waals surface area contributed by atoms with Crippen LogP contribution in [0.25, 0.3) is 0 Å². The standard InChI is InChI=1S/C10H9NO6/c1-7(12)16-6-10(13)17-9-4-2-8(3-5-9)11(14)15/h2-5H,6H2,1H3. The molecule has 0 bridgehead atoms. The molecule has 1 aromatic carbocycles. The number of nitro benzene ring substituents is 1. The van der Waals surface area contributed by atoms with E-state index in [-0.39, 0.29) is 11.4 Å². The van der Waals surface area contributed by atoms with Gasteiger partial charge in [-0.1, -0.05) is 0 Å². The molecule has 0 unspecified atom stereocenters. The maximum Gasteiger partial charge on any atom is 0.349 e. The van der Waals surface area contributed by atoms with Gasteiger partial charge in [-0.3, -0.25) is 14.9 Å². The third-order valence-electron chi connectivity index (χ3n) is 1.67. The highest BCUT2D eigenvalue weighted by atomic mass is 16.6. The maximum atomic E-state index is 11.1. The van der Waals surface area contributed by atoms with Gasteiger partial charge in [-0.05, 0) is 12.1 Å². The summed E-state index contributed by atoms with van der Waals surface area (Å²) < 4.78 is 9.18. The molecule has 1 aromatic rings. The molecule has 0 fully saturated rings. The molecule has 0 aliphatic carbocycles. The summed E-state index contributed by atoms with van der Waals surface area (Å²) in [6.45, 7) is 0.672. The van der Waals surface area contributed by atoms with Gasteiger partial charge >= 0.3 is 11.9 Å². The van der Waals surface area contributed by atoms with Crippen molar-refractivity contribution in [1.29, 1.82) is 0 Å². The van der Waals surface area contributed by atoms with Crippen LogP contribution in [0.5, 0.6) is 5.75 Å². The highest BCUT2D eigenvalue weighted by molar-refractivity contribution is 5.77. The van der Waals surface area contributed by atoms with E-state index >= 15 is 0 Å². The first-order valence-electron chi connectivity index (χ1n) is 4.57. The van der Waals surface area contributed by atoms with E-state index in [2.05, 4.69) is 4.74 Å². The number of ether oxygens (including phenoxy) is 2. The Morgan fingerprint density at radius 1 is 1.29 bits per heavy atom. The van der Waals surface area contributed by atoms with E-state index in [9.17, 15) is 19.7 Å². The summed E-state index contributed by atoms with van der Waals surface area (Å²) in [6.07, 6.45) is 0. The fourth-order valence-electron chi connectivity index (χ4n) is 0.957. The molecular formula is C10H9NO6. The van der Waals surface area contributed by atoms with Crippen LogP contribution in [0.15, 0.2) is 24.3 Å². The third kappa shape index (κ3) is 4.29. The minimum Gasteiger partial charge on any atom is -0.454 e. The SMILES string of the molecule is CC(=O)OCC(=O)Oc1ccc([N+](=O)[O-])cc1. The molecule has 0 aliphatic rings. The number of nitrogens with zero attached hydrogens (tertiary/aromatic N) is 1. The van der Waals surface area contributed by atoms with Crippen LogP contribution >= 0.6 is 0 Å². The molecule has 0 spiro atoms. The average Bonchev–Trinajstić information content (AvgIpc) is 2.27. The van der Waals surface area contributed by atoms with Crippen LogP contribution < -0.4 is 4.74 Å². The number of hydrogen-bond acceptors (Lipinski definition) is 6. The zero-order valence-electron chi connectivity index (χ0n) is 8.91. The Balaban J connectivity index is 2.54. The van der Waals surface area contributed by atoms with Gasteiger partial charge in [0.1, 0.15) is 5.75 Å². The minimum absolute atomic E-state index is 0.107. The van der Waals surface area contributed by atoms with E-state index in [4.69, 9.17) is 4.74 Å². The predicted molar refractivity (Wildman–Crippen MR) is 55.4 cm³/mol. The zero-order valence-corrected chi connectivity index (χ0v) is 8.91. The fourth-order valence-corrected chi connectivity index (χ4v) is 0.957. The molecule has 1 rings (SSSR count). The highest BCUT2D eigenvalue weighted by Gasteiger charge is 2.09. The number of hydrogen-bond donors (Lipinski definition) is 0. The van der Waals surface area contributed by atoms with Gasteiger partial charge < -0.3 is 9.47 Å². The number of non-ortho nitro benzene ring substituents is 1. The Morgan fingerprint density at radius 2 is 1.88 bits per heavy atom. The van der Waals surface area contributed by atoms with E-state index in [1.807, 2.05) is 0 Å². The molecule has 90 valence electrons. The van der Waals surface area contributed by atoms with Crippen LogP contribution in [-0.2, 0) is 14.3 Å². The van der Waals surface area contributed by atoms with Crippen molar-refractivity contribution in [2.24, 2.45) is 0 Å². The van der Waals surface area contributed by atoms with E-state index in [0.717, 1.165) is 0 Å². The second-order valence-corrected chi connectivity index (χ2v) is 3.01. The summed E-state index contributed by atoms with van der Waals surface area (Å²) >= 11 is 0. The van der Waals surface area contributed by atoms with Gasteiger partial charge in [0.15, 0.2) is 6.61 Å². The lowest BCUT2D eigenvalue weighted by atomic mass is 10.3. The first-order valence-corrected chi connectivity index (χ1v) is 4.57. The average molecular weight is 239 g/mol. The summed E-state index contributed by atoms with van der Waals surface area (Å²) in [5, 5.41) is 10.4. The quantitative estimate of drug-likeness (QED) is 0.337. The highest BCUT2D eigenvalue weighted by Crippen LogP contribution is 2.17. The van der Waals surface area contributed by atoms with Crippen LogP contribution in [0.1, 0.15) is 6.92 Å². The molecule has 17 heavy (non-hydrogen) atoms. The monoisotopic (exact) mass is 239 g/mol. The van der Waals surface area contributed by atoms with Gasteiger partial charge in [-0.15, -0.1) is 0 Å². The molecule has 0 saturated heterocycles. The van der Waals surface area contributed by atoms with Crippen LogP contribution in [0.4, 0.5) is 5.69 Å². The number of carbonyl (C=O) groups is 2. The van der Waals surface area contributed by atoms with Gasteiger partial charge in [0.05, 0.1) is 4.92 Å². The van der Waals surface area contributed by atoms with Crippen molar-refractivity contribution in [3.05, 3.63) is 34.4 Å². The summed E-state index contributed by atoms with van der Waals surface area (Å²) in [7, 11) is 0.